The summed E-state index contributed by atoms with van der Waals surface area (Å²) in [6.45, 7) is 2.94. The quantitative estimate of drug-likeness (QED) is 0.848. The molecule has 0 fully saturated rings. The highest BCUT2D eigenvalue weighted by Crippen LogP contribution is 2.24. The summed E-state index contributed by atoms with van der Waals surface area (Å²) in [5, 5.41) is 0.852. The minimum Gasteiger partial charge on any atom is -0.399 e. The lowest BCUT2D eigenvalue weighted by Crippen LogP contribution is -2.30. The summed E-state index contributed by atoms with van der Waals surface area (Å²) < 4.78 is 0. The van der Waals surface area contributed by atoms with Crippen molar-refractivity contribution in [2.45, 2.75) is 19.5 Å². The number of halogens is 1. The van der Waals surface area contributed by atoms with Gasteiger partial charge < -0.3 is 5.73 Å². The molecule has 0 amide bonds. The van der Waals surface area contributed by atoms with E-state index in [1.165, 1.54) is 16.7 Å². The normalized spacial score (nSPS) is 15.2. The second kappa shape index (κ2) is 5.24. The molecule has 0 atom stereocenters. The van der Waals surface area contributed by atoms with Gasteiger partial charge in [0.2, 0.25) is 0 Å². The van der Waals surface area contributed by atoms with E-state index < -0.39 is 0 Å². The van der Waals surface area contributed by atoms with Crippen LogP contribution in [-0.2, 0) is 19.5 Å². The number of benzene rings is 2. The van der Waals surface area contributed by atoms with Crippen LogP contribution in [0, 0.1) is 0 Å². The third-order valence-corrected chi connectivity index (χ3v) is 4.04. The molecule has 2 aromatic rings. The molecule has 1 aliphatic heterocycles. The molecule has 0 radical (unpaired) electrons. The highest BCUT2D eigenvalue weighted by molar-refractivity contribution is 6.31. The van der Waals surface area contributed by atoms with Crippen molar-refractivity contribution in [1.29, 1.82) is 0 Å². The van der Waals surface area contributed by atoms with Gasteiger partial charge in [-0.05, 0) is 41.3 Å². The summed E-state index contributed by atoms with van der Waals surface area (Å²) >= 11 is 6.22. The van der Waals surface area contributed by atoms with E-state index in [2.05, 4.69) is 23.1 Å². The largest absolute Gasteiger partial charge is 0.399 e. The molecule has 2 N–H and O–H groups in total. The van der Waals surface area contributed by atoms with Gasteiger partial charge >= 0.3 is 0 Å². The van der Waals surface area contributed by atoms with Crippen LogP contribution in [0.2, 0.25) is 5.02 Å². The number of rotatable bonds is 2. The number of nitrogens with zero attached hydrogens (tertiary/aromatic N) is 1. The maximum Gasteiger partial charge on any atom is 0.0451 e. The minimum atomic E-state index is 0.852. The van der Waals surface area contributed by atoms with E-state index in [1.54, 1.807) is 0 Å². The zero-order chi connectivity index (χ0) is 13.2. The molecular weight excluding hydrogens is 256 g/mol. The highest BCUT2D eigenvalue weighted by atomic mass is 35.5. The fourth-order valence-corrected chi connectivity index (χ4v) is 2.83. The van der Waals surface area contributed by atoms with Crippen LogP contribution < -0.4 is 5.73 Å². The zero-order valence-corrected chi connectivity index (χ0v) is 11.5. The van der Waals surface area contributed by atoms with Crippen LogP contribution in [0.3, 0.4) is 0 Å². The molecule has 0 aliphatic carbocycles. The van der Waals surface area contributed by atoms with Crippen LogP contribution in [0.4, 0.5) is 5.69 Å². The Morgan fingerprint density at radius 3 is 2.79 bits per heavy atom. The molecule has 3 rings (SSSR count). The average molecular weight is 273 g/mol. The summed E-state index contributed by atoms with van der Waals surface area (Å²) in [5.74, 6) is 0. The van der Waals surface area contributed by atoms with Gasteiger partial charge in [0, 0.05) is 30.3 Å². The van der Waals surface area contributed by atoms with Crippen LogP contribution in [0.15, 0.2) is 42.5 Å². The van der Waals surface area contributed by atoms with Crippen molar-refractivity contribution in [2.75, 3.05) is 12.3 Å². The van der Waals surface area contributed by atoms with E-state index in [9.17, 15) is 0 Å². The van der Waals surface area contributed by atoms with E-state index >= 15 is 0 Å². The number of nitrogen functional groups attached to an aromatic ring is 1. The fraction of sp³-hybridized carbons (Fsp3) is 0.250. The topological polar surface area (TPSA) is 29.3 Å². The van der Waals surface area contributed by atoms with Gasteiger partial charge in [-0.15, -0.1) is 0 Å². The van der Waals surface area contributed by atoms with E-state index in [0.717, 1.165) is 36.8 Å². The van der Waals surface area contributed by atoms with Gasteiger partial charge in [0.15, 0.2) is 0 Å². The molecular formula is C16H17ClN2. The van der Waals surface area contributed by atoms with E-state index in [1.807, 2.05) is 24.3 Å². The molecule has 3 heteroatoms. The molecule has 0 saturated heterocycles. The highest BCUT2D eigenvalue weighted by Gasteiger charge is 2.17. The van der Waals surface area contributed by atoms with Crippen LogP contribution >= 0.6 is 11.6 Å². The SMILES string of the molecule is Nc1ccc2c(c1)CCN(Cc1ccccc1Cl)C2. The second-order valence-corrected chi connectivity index (χ2v) is 5.49. The predicted molar refractivity (Wildman–Crippen MR) is 80.1 cm³/mol. The van der Waals surface area contributed by atoms with Crippen LogP contribution in [0.5, 0.6) is 0 Å². The molecule has 2 aromatic carbocycles. The lowest BCUT2D eigenvalue weighted by molar-refractivity contribution is 0.245. The minimum absolute atomic E-state index is 0.852. The summed E-state index contributed by atoms with van der Waals surface area (Å²) in [6, 6.07) is 14.3. The Balaban J connectivity index is 1.76. The Morgan fingerprint density at radius 2 is 1.95 bits per heavy atom. The Kier molecular flexibility index (Phi) is 3.45. The van der Waals surface area contributed by atoms with Crippen LogP contribution in [0.1, 0.15) is 16.7 Å². The zero-order valence-electron chi connectivity index (χ0n) is 10.8. The lowest BCUT2D eigenvalue weighted by Gasteiger charge is -2.29. The van der Waals surface area contributed by atoms with Gasteiger partial charge in [0.25, 0.3) is 0 Å². The molecule has 1 heterocycles. The Morgan fingerprint density at radius 1 is 1.11 bits per heavy atom. The van der Waals surface area contributed by atoms with Crippen LogP contribution in [-0.4, -0.2) is 11.4 Å². The molecule has 0 aromatic heterocycles. The Labute approximate surface area is 118 Å². The van der Waals surface area contributed by atoms with Crippen LogP contribution in [0.25, 0.3) is 0 Å². The maximum absolute atomic E-state index is 6.22. The van der Waals surface area contributed by atoms with Gasteiger partial charge in [-0.1, -0.05) is 35.9 Å². The number of anilines is 1. The average Bonchev–Trinajstić information content (AvgIpc) is 2.41. The molecule has 0 unspecified atom stereocenters. The number of hydrogen-bond acceptors (Lipinski definition) is 2. The van der Waals surface area contributed by atoms with Gasteiger partial charge in [-0.25, -0.2) is 0 Å². The summed E-state index contributed by atoms with van der Waals surface area (Å²) in [4.78, 5) is 2.43. The third kappa shape index (κ3) is 2.75. The standard InChI is InChI=1S/C16H17ClN2/c17-16-4-2-1-3-14(16)11-19-8-7-12-9-15(18)6-5-13(12)10-19/h1-6,9H,7-8,10-11,18H2. The van der Waals surface area contributed by atoms with Crippen molar-refractivity contribution in [1.82, 2.24) is 4.90 Å². The number of nitrogens with two attached hydrogens (primary N) is 1. The predicted octanol–water partition coefficient (Wildman–Crippen LogP) is 3.48. The van der Waals surface area contributed by atoms with Crippen molar-refractivity contribution in [3.05, 3.63) is 64.2 Å². The molecule has 0 bridgehead atoms. The molecule has 0 saturated carbocycles. The van der Waals surface area contributed by atoms with E-state index in [0.29, 0.717) is 0 Å². The first-order valence-electron chi connectivity index (χ1n) is 6.55. The monoisotopic (exact) mass is 272 g/mol. The Bertz CT molecular complexity index is 595. The molecule has 0 spiro atoms. The molecule has 19 heavy (non-hydrogen) atoms. The maximum atomic E-state index is 6.22. The van der Waals surface area contributed by atoms with E-state index in [4.69, 9.17) is 17.3 Å². The first-order valence-corrected chi connectivity index (χ1v) is 6.93. The van der Waals surface area contributed by atoms with Gasteiger partial charge in [-0.3, -0.25) is 4.90 Å². The smallest absolute Gasteiger partial charge is 0.0451 e. The van der Waals surface area contributed by atoms with E-state index in [-0.39, 0.29) is 0 Å². The van der Waals surface area contributed by atoms with Crippen molar-refractivity contribution < 1.29 is 0 Å². The van der Waals surface area contributed by atoms with Gasteiger partial charge in [-0.2, -0.15) is 0 Å². The first kappa shape index (κ1) is 12.5. The molecule has 98 valence electrons. The second-order valence-electron chi connectivity index (χ2n) is 5.08. The first-order chi connectivity index (χ1) is 9.22. The number of fused-ring (bicyclic) bond motifs is 1. The fourth-order valence-electron chi connectivity index (χ4n) is 2.63. The van der Waals surface area contributed by atoms with Crippen molar-refractivity contribution >= 4 is 17.3 Å². The van der Waals surface area contributed by atoms with Gasteiger partial charge in [0.1, 0.15) is 0 Å². The summed E-state index contributed by atoms with van der Waals surface area (Å²) in [5.41, 5.74) is 10.7. The Hall–Kier alpha value is -1.51. The summed E-state index contributed by atoms with van der Waals surface area (Å²) in [7, 11) is 0. The summed E-state index contributed by atoms with van der Waals surface area (Å²) in [6.07, 6.45) is 1.06. The molecule has 1 aliphatic rings. The van der Waals surface area contributed by atoms with Crippen molar-refractivity contribution in [2.24, 2.45) is 0 Å². The van der Waals surface area contributed by atoms with Crippen molar-refractivity contribution in [3.8, 4) is 0 Å². The number of hydrogen-bond donors (Lipinski definition) is 1. The van der Waals surface area contributed by atoms with Crippen molar-refractivity contribution in [3.63, 3.8) is 0 Å². The van der Waals surface area contributed by atoms with Gasteiger partial charge in [0.05, 0.1) is 0 Å². The molecule has 2 nitrogen and oxygen atoms in total. The third-order valence-electron chi connectivity index (χ3n) is 3.67. The lowest BCUT2D eigenvalue weighted by atomic mass is 9.98.